The molecule has 0 unspecified atom stereocenters. The van der Waals surface area contributed by atoms with Gasteiger partial charge in [0.05, 0.1) is 22.2 Å². The normalized spacial score (nSPS) is 10.9. The maximum atomic E-state index is 14.5. The summed E-state index contributed by atoms with van der Waals surface area (Å²) in [4.78, 5) is 17.4. The number of ether oxygens (including phenoxy) is 1. The summed E-state index contributed by atoms with van der Waals surface area (Å²) in [7, 11) is 0. The Kier molecular flexibility index (Phi) is 5.58. The molecule has 1 amide bonds. The highest BCUT2D eigenvalue weighted by atomic mass is 32.1. The highest BCUT2D eigenvalue weighted by Crippen LogP contribution is 2.27. The van der Waals surface area contributed by atoms with Gasteiger partial charge in [0.2, 0.25) is 0 Å². The molecule has 0 spiro atoms. The first-order valence-electron chi connectivity index (χ1n) is 9.35. The van der Waals surface area contributed by atoms with E-state index in [0.717, 1.165) is 0 Å². The van der Waals surface area contributed by atoms with Crippen molar-refractivity contribution in [2.75, 3.05) is 5.32 Å². The van der Waals surface area contributed by atoms with Crippen molar-refractivity contribution in [1.82, 2.24) is 14.8 Å². The molecule has 0 saturated heterocycles. The second-order valence-electron chi connectivity index (χ2n) is 6.76. The van der Waals surface area contributed by atoms with Crippen molar-refractivity contribution in [3.8, 4) is 23.1 Å². The summed E-state index contributed by atoms with van der Waals surface area (Å²) >= 11 is 1.36. The van der Waals surface area contributed by atoms with Crippen molar-refractivity contribution >= 4 is 22.9 Å². The van der Waals surface area contributed by atoms with Crippen LogP contribution < -0.4 is 10.1 Å². The lowest BCUT2D eigenvalue weighted by Gasteiger charge is -2.09. The molecule has 0 atom stereocenters. The first-order valence-corrected chi connectivity index (χ1v) is 10.2. The van der Waals surface area contributed by atoms with Gasteiger partial charge in [-0.2, -0.15) is 4.98 Å². The molecule has 0 saturated carbocycles. The van der Waals surface area contributed by atoms with E-state index in [1.807, 2.05) is 25.3 Å². The van der Waals surface area contributed by atoms with Crippen molar-refractivity contribution in [2.45, 2.75) is 20.0 Å². The van der Waals surface area contributed by atoms with Crippen LogP contribution in [-0.4, -0.2) is 26.8 Å². The predicted octanol–water partition coefficient (Wildman–Crippen LogP) is 5.17. The van der Waals surface area contributed by atoms with Crippen molar-refractivity contribution in [2.24, 2.45) is 0 Å². The monoisotopic (exact) mass is 422 g/mol. The highest BCUT2D eigenvalue weighted by molar-refractivity contribution is 7.12. The standard InChI is InChI=1S/C22H19FN4O2S/c1-14(2)29-22-25-20(17-9-3-4-10-18(17)23)27(26-22)16-8-5-7-15(13-16)24-21(28)19-11-6-12-30-19/h3-14H,1-2H3,(H,24,28). The second-order valence-corrected chi connectivity index (χ2v) is 7.71. The fourth-order valence-corrected chi connectivity index (χ4v) is 3.49. The van der Waals surface area contributed by atoms with Crippen molar-refractivity contribution in [3.05, 3.63) is 76.7 Å². The number of hydrogen-bond donors (Lipinski definition) is 1. The van der Waals surface area contributed by atoms with Gasteiger partial charge in [0.15, 0.2) is 5.82 Å². The molecule has 0 bridgehead atoms. The molecule has 4 aromatic rings. The Balaban J connectivity index is 1.73. The molecule has 8 heteroatoms. The topological polar surface area (TPSA) is 69.0 Å². The van der Waals surface area contributed by atoms with Crippen LogP contribution in [0.4, 0.5) is 10.1 Å². The van der Waals surface area contributed by atoms with Crippen LogP contribution in [0.15, 0.2) is 66.0 Å². The molecule has 152 valence electrons. The van der Waals surface area contributed by atoms with Gasteiger partial charge in [-0.3, -0.25) is 4.79 Å². The van der Waals surface area contributed by atoms with Gasteiger partial charge in [0, 0.05) is 5.69 Å². The third-order valence-corrected chi connectivity index (χ3v) is 5.01. The summed E-state index contributed by atoms with van der Waals surface area (Å²) in [5.41, 5.74) is 1.51. The van der Waals surface area contributed by atoms with Crippen LogP contribution in [0.2, 0.25) is 0 Å². The lowest BCUT2D eigenvalue weighted by atomic mass is 10.2. The van der Waals surface area contributed by atoms with E-state index in [1.165, 1.54) is 22.1 Å². The van der Waals surface area contributed by atoms with E-state index in [-0.39, 0.29) is 18.0 Å². The molecule has 2 aromatic heterocycles. The number of hydrogen-bond acceptors (Lipinski definition) is 5. The minimum absolute atomic E-state index is 0.134. The number of carbonyl (C=O) groups is 1. The van der Waals surface area contributed by atoms with Crippen LogP contribution in [0.1, 0.15) is 23.5 Å². The molecule has 0 fully saturated rings. The molecule has 30 heavy (non-hydrogen) atoms. The molecule has 2 heterocycles. The van der Waals surface area contributed by atoms with E-state index in [0.29, 0.717) is 27.6 Å². The molecular formula is C22H19FN4O2S. The van der Waals surface area contributed by atoms with Crippen LogP contribution in [-0.2, 0) is 0 Å². The Labute approximate surface area is 177 Å². The van der Waals surface area contributed by atoms with Gasteiger partial charge in [-0.1, -0.05) is 24.3 Å². The van der Waals surface area contributed by atoms with Gasteiger partial charge in [0.1, 0.15) is 5.82 Å². The van der Waals surface area contributed by atoms with Gasteiger partial charge in [0.25, 0.3) is 5.91 Å². The maximum Gasteiger partial charge on any atom is 0.336 e. The second kappa shape index (κ2) is 8.46. The molecule has 4 rings (SSSR count). The molecule has 0 radical (unpaired) electrons. The van der Waals surface area contributed by atoms with Crippen LogP contribution in [0.5, 0.6) is 6.01 Å². The van der Waals surface area contributed by atoms with E-state index < -0.39 is 5.82 Å². The van der Waals surface area contributed by atoms with Crippen LogP contribution >= 0.6 is 11.3 Å². The highest BCUT2D eigenvalue weighted by Gasteiger charge is 2.18. The summed E-state index contributed by atoms with van der Waals surface area (Å²) in [5, 5.41) is 9.13. The number of nitrogens with zero attached hydrogens (tertiary/aromatic N) is 3. The van der Waals surface area contributed by atoms with E-state index in [2.05, 4.69) is 15.4 Å². The van der Waals surface area contributed by atoms with Gasteiger partial charge in [-0.15, -0.1) is 16.4 Å². The van der Waals surface area contributed by atoms with Crippen molar-refractivity contribution in [1.29, 1.82) is 0 Å². The molecular weight excluding hydrogens is 403 g/mol. The zero-order valence-corrected chi connectivity index (χ0v) is 17.2. The summed E-state index contributed by atoms with van der Waals surface area (Å²) < 4.78 is 21.6. The summed E-state index contributed by atoms with van der Waals surface area (Å²) in [6.45, 7) is 3.73. The van der Waals surface area contributed by atoms with Gasteiger partial charge >= 0.3 is 6.01 Å². The van der Waals surface area contributed by atoms with E-state index in [1.54, 1.807) is 48.5 Å². The Bertz CT molecular complexity index is 1170. The number of carbonyl (C=O) groups excluding carboxylic acids is 1. The maximum absolute atomic E-state index is 14.5. The molecule has 0 aliphatic heterocycles. The Morgan fingerprint density at radius 2 is 1.97 bits per heavy atom. The van der Waals surface area contributed by atoms with Crippen LogP contribution in [0.3, 0.4) is 0 Å². The number of anilines is 1. The lowest BCUT2D eigenvalue weighted by molar-refractivity contribution is 0.103. The quantitative estimate of drug-likeness (QED) is 0.465. The number of aromatic nitrogens is 3. The van der Waals surface area contributed by atoms with Crippen molar-refractivity contribution in [3.63, 3.8) is 0 Å². The number of halogens is 1. The van der Waals surface area contributed by atoms with Gasteiger partial charge in [-0.25, -0.2) is 9.07 Å². The number of nitrogens with one attached hydrogen (secondary N) is 1. The molecule has 1 N–H and O–H groups in total. The predicted molar refractivity (Wildman–Crippen MR) is 115 cm³/mol. The average Bonchev–Trinajstić information content (AvgIpc) is 3.38. The average molecular weight is 422 g/mol. The van der Waals surface area contributed by atoms with E-state index in [4.69, 9.17) is 4.74 Å². The molecule has 0 aliphatic carbocycles. The minimum Gasteiger partial charge on any atom is -0.460 e. The van der Waals surface area contributed by atoms with Gasteiger partial charge in [-0.05, 0) is 55.6 Å². The lowest BCUT2D eigenvalue weighted by Crippen LogP contribution is -2.10. The Morgan fingerprint density at radius 3 is 2.70 bits per heavy atom. The summed E-state index contributed by atoms with van der Waals surface area (Å²) in [6.07, 6.45) is -0.134. The largest absolute Gasteiger partial charge is 0.460 e. The van der Waals surface area contributed by atoms with E-state index >= 15 is 0 Å². The fourth-order valence-electron chi connectivity index (χ4n) is 2.87. The first-order chi connectivity index (χ1) is 14.5. The Morgan fingerprint density at radius 1 is 1.13 bits per heavy atom. The molecule has 0 aliphatic rings. The number of benzene rings is 2. The molecule has 2 aromatic carbocycles. The molecule has 6 nitrogen and oxygen atoms in total. The Hall–Kier alpha value is -3.52. The van der Waals surface area contributed by atoms with E-state index in [9.17, 15) is 9.18 Å². The third-order valence-electron chi connectivity index (χ3n) is 4.14. The fraction of sp³-hybridized carbons (Fsp3) is 0.136. The van der Waals surface area contributed by atoms with Crippen LogP contribution in [0, 0.1) is 5.82 Å². The SMILES string of the molecule is CC(C)Oc1nc(-c2ccccc2F)n(-c2cccc(NC(=O)c3cccs3)c2)n1. The minimum atomic E-state index is -0.413. The number of thiophene rings is 1. The zero-order chi connectivity index (χ0) is 21.1. The smallest absolute Gasteiger partial charge is 0.336 e. The zero-order valence-electron chi connectivity index (χ0n) is 16.4. The first kappa shape index (κ1) is 19.8. The summed E-state index contributed by atoms with van der Waals surface area (Å²) in [5.74, 6) is -0.297. The van der Waals surface area contributed by atoms with Crippen LogP contribution in [0.25, 0.3) is 17.1 Å². The number of rotatable bonds is 6. The number of amides is 1. The third kappa shape index (κ3) is 4.23. The summed E-state index contributed by atoms with van der Waals surface area (Å²) in [6, 6.07) is 17.2. The van der Waals surface area contributed by atoms with Crippen molar-refractivity contribution < 1.29 is 13.9 Å². The van der Waals surface area contributed by atoms with Gasteiger partial charge < -0.3 is 10.1 Å².